The first-order valence-electron chi connectivity index (χ1n) is 6.78. The fourth-order valence-electron chi connectivity index (χ4n) is 2.33. The highest BCUT2D eigenvalue weighted by molar-refractivity contribution is 7.80. The van der Waals surface area contributed by atoms with E-state index in [0.29, 0.717) is 0 Å². The van der Waals surface area contributed by atoms with Crippen molar-refractivity contribution in [3.63, 3.8) is 0 Å². The number of carbonyl (C=O) groups excluding carboxylic acids is 1. The second-order valence-corrected chi connectivity index (χ2v) is 5.88. The molecule has 1 fully saturated rings. The standard InChI is InChI=1S/C16H12F3N3OS/c1-4-7-21-14(24)22(13(23)15(21,2)3)11-6-5-10(9-20)12(8-11)16(17,18)19/h5-6,8H,1-3H3. The molecule has 1 aromatic carbocycles. The van der Waals surface area contributed by atoms with Crippen molar-refractivity contribution in [3.8, 4) is 18.0 Å². The molecule has 1 aliphatic heterocycles. The topological polar surface area (TPSA) is 47.3 Å². The van der Waals surface area contributed by atoms with Gasteiger partial charge in [-0.1, -0.05) is 5.92 Å². The molecule has 0 aromatic heterocycles. The average Bonchev–Trinajstić information content (AvgIpc) is 2.66. The van der Waals surface area contributed by atoms with Gasteiger partial charge >= 0.3 is 6.18 Å². The van der Waals surface area contributed by atoms with Crippen LogP contribution in [-0.2, 0) is 11.0 Å². The van der Waals surface area contributed by atoms with E-state index in [1.807, 2.05) is 0 Å². The van der Waals surface area contributed by atoms with Gasteiger partial charge in [0, 0.05) is 6.04 Å². The number of rotatable bonds is 1. The number of hydrogen-bond donors (Lipinski definition) is 0. The summed E-state index contributed by atoms with van der Waals surface area (Å²) in [6.07, 6.45) is -4.72. The van der Waals surface area contributed by atoms with Crippen LogP contribution in [0.5, 0.6) is 0 Å². The lowest BCUT2D eigenvalue weighted by molar-refractivity contribution is -0.137. The number of thiocarbonyl (C=S) groups is 1. The number of anilines is 1. The Hall–Kier alpha value is -2.58. The minimum Gasteiger partial charge on any atom is -0.271 e. The first-order valence-corrected chi connectivity index (χ1v) is 7.19. The summed E-state index contributed by atoms with van der Waals surface area (Å²) in [7, 11) is 0. The lowest BCUT2D eigenvalue weighted by atomic mass is 10.0. The maximum Gasteiger partial charge on any atom is 0.417 e. The Labute approximate surface area is 142 Å². The summed E-state index contributed by atoms with van der Waals surface area (Å²) in [5.74, 6) is 2.14. The zero-order chi connectivity index (χ0) is 18.3. The molecule has 4 nitrogen and oxygen atoms in total. The summed E-state index contributed by atoms with van der Waals surface area (Å²) < 4.78 is 39.4. The molecular weight excluding hydrogens is 339 g/mol. The van der Waals surface area contributed by atoms with Crippen LogP contribution in [0, 0.1) is 23.3 Å². The van der Waals surface area contributed by atoms with E-state index in [2.05, 4.69) is 12.0 Å². The van der Waals surface area contributed by atoms with Crippen molar-refractivity contribution in [2.45, 2.75) is 32.5 Å². The molecule has 8 heteroatoms. The van der Waals surface area contributed by atoms with Crippen LogP contribution in [0.15, 0.2) is 18.2 Å². The molecule has 1 aromatic rings. The molecule has 1 amide bonds. The Kier molecular flexibility index (Phi) is 4.30. The Morgan fingerprint density at radius 2 is 1.92 bits per heavy atom. The second-order valence-electron chi connectivity index (χ2n) is 5.52. The van der Waals surface area contributed by atoms with Gasteiger partial charge in [0.15, 0.2) is 5.11 Å². The summed E-state index contributed by atoms with van der Waals surface area (Å²) >= 11 is 5.22. The predicted octanol–water partition coefficient (Wildman–Crippen LogP) is 3.27. The maximum atomic E-state index is 13.1. The molecule has 0 spiro atoms. The van der Waals surface area contributed by atoms with E-state index < -0.39 is 28.7 Å². The van der Waals surface area contributed by atoms with Crippen LogP contribution in [0.25, 0.3) is 0 Å². The van der Waals surface area contributed by atoms with Gasteiger partial charge in [0.1, 0.15) is 5.54 Å². The van der Waals surface area contributed by atoms with E-state index in [1.165, 1.54) is 17.0 Å². The highest BCUT2D eigenvalue weighted by Crippen LogP contribution is 2.37. The largest absolute Gasteiger partial charge is 0.417 e. The van der Waals surface area contributed by atoms with E-state index in [0.717, 1.165) is 17.0 Å². The molecule has 1 heterocycles. The number of alkyl halides is 3. The van der Waals surface area contributed by atoms with Crippen LogP contribution in [0.3, 0.4) is 0 Å². The van der Waals surface area contributed by atoms with Gasteiger partial charge in [0.2, 0.25) is 0 Å². The molecule has 0 saturated carbocycles. The third kappa shape index (κ3) is 2.70. The van der Waals surface area contributed by atoms with Crippen molar-refractivity contribution in [3.05, 3.63) is 29.3 Å². The first kappa shape index (κ1) is 17.8. The van der Waals surface area contributed by atoms with Gasteiger partial charge in [-0.15, -0.1) is 0 Å². The van der Waals surface area contributed by atoms with Crippen molar-refractivity contribution in [2.75, 3.05) is 4.90 Å². The van der Waals surface area contributed by atoms with Gasteiger partial charge in [0.25, 0.3) is 5.91 Å². The lowest BCUT2D eigenvalue weighted by Crippen LogP contribution is -2.41. The minimum atomic E-state index is -4.72. The zero-order valence-electron chi connectivity index (χ0n) is 13.0. The molecule has 0 unspecified atom stereocenters. The first-order chi connectivity index (χ1) is 11.1. The number of hydrogen-bond acceptors (Lipinski definition) is 3. The van der Waals surface area contributed by atoms with Gasteiger partial charge in [0.05, 0.1) is 22.9 Å². The van der Waals surface area contributed by atoms with Crippen LogP contribution in [0.2, 0.25) is 0 Å². The molecular formula is C16H12F3N3OS. The van der Waals surface area contributed by atoms with E-state index >= 15 is 0 Å². The van der Waals surface area contributed by atoms with Gasteiger partial charge in [-0.2, -0.15) is 18.4 Å². The molecule has 1 aliphatic rings. The number of amides is 1. The summed E-state index contributed by atoms with van der Waals surface area (Å²) in [6.45, 7) is 4.73. The lowest BCUT2D eigenvalue weighted by Gasteiger charge is -2.22. The van der Waals surface area contributed by atoms with E-state index in [9.17, 15) is 18.0 Å². The van der Waals surface area contributed by atoms with Crippen LogP contribution in [0.4, 0.5) is 18.9 Å². The highest BCUT2D eigenvalue weighted by atomic mass is 32.1. The molecule has 2 rings (SSSR count). The quantitative estimate of drug-likeness (QED) is 0.576. The molecule has 0 bridgehead atoms. The molecule has 0 radical (unpaired) electrons. The number of benzene rings is 1. The van der Waals surface area contributed by atoms with Crippen LogP contribution < -0.4 is 4.90 Å². The Morgan fingerprint density at radius 1 is 1.29 bits per heavy atom. The highest BCUT2D eigenvalue weighted by Gasteiger charge is 2.49. The second kappa shape index (κ2) is 5.81. The average molecular weight is 351 g/mol. The van der Waals surface area contributed by atoms with E-state index in [-0.39, 0.29) is 10.8 Å². The van der Waals surface area contributed by atoms with Gasteiger partial charge in [-0.3, -0.25) is 14.6 Å². The number of carbonyl (C=O) groups is 1. The predicted molar refractivity (Wildman–Crippen MR) is 85.6 cm³/mol. The van der Waals surface area contributed by atoms with Crippen molar-refractivity contribution >= 4 is 28.9 Å². The van der Waals surface area contributed by atoms with Crippen LogP contribution >= 0.6 is 12.2 Å². The van der Waals surface area contributed by atoms with Gasteiger partial charge in [-0.05, 0) is 51.2 Å². The van der Waals surface area contributed by atoms with Crippen molar-refractivity contribution in [1.82, 2.24) is 4.90 Å². The maximum absolute atomic E-state index is 13.1. The van der Waals surface area contributed by atoms with Crippen LogP contribution in [-0.4, -0.2) is 21.5 Å². The molecule has 24 heavy (non-hydrogen) atoms. The van der Waals surface area contributed by atoms with E-state index in [4.69, 9.17) is 17.5 Å². The fourth-order valence-corrected chi connectivity index (χ4v) is 2.79. The number of nitrogens with zero attached hydrogens (tertiary/aromatic N) is 3. The monoisotopic (exact) mass is 351 g/mol. The smallest absolute Gasteiger partial charge is 0.271 e. The van der Waals surface area contributed by atoms with Crippen molar-refractivity contribution in [1.29, 1.82) is 5.26 Å². The fraction of sp³-hybridized carbons (Fsp3) is 0.312. The Bertz CT molecular complexity index is 828. The third-order valence-electron chi connectivity index (χ3n) is 3.58. The molecule has 0 aliphatic carbocycles. The van der Waals surface area contributed by atoms with E-state index in [1.54, 1.807) is 20.8 Å². The summed E-state index contributed by atoms with van der Waals surface area (Å²) in [5.41, 5.74) is -2.79. The molecule has 1 saturated heterocycles. The minimum absolute atomic E-state index is 0.00261. The summed E-state index contributed by atoms with van der Waals surface area (Å²) in [5, 5.41) is 8.85. The SMILES string of the molecule is CC#CN1C(=S)N(c2ccc(C#N)c(C(F)(F)F)c2)C(=O)C1(C)C. The van der Waals surface area contributed by atoms with Crippen molar-refractivity contribution < 1.29 is 18.0 Å². The van der Waals surface area contributed by atoms with Crippen LogP contribution in [0.1, 0.15) is 31.9 Å². The Morgan fingerprint density at radius 3 is 2.42 bits per heavy atom. The normalized spacial score (nSPS) is 16.7. The molecule has 0 atom stereocenters. The van der Waals surface area contributed by atoms with Gasteiger partial charge in [-0.25, -0.2) is 0 Å². The Balaban J connectivity index is 2.61. The van der Waals surface area contributed by atoms with Gasteiger partial charge < -0.3 is 0 Å². The zero-order valence-corrected chi connectivity index (χ0v) is 13.8. The summed E-state index contributed by atoms with van der Waals surface area (Å²) in [6, 6.07) is 7.22. The third-order valence-corrected chi connectivity index (χ3v) is 3.94. The number of nitriles is 1. The molecule has 0 N–H and O–H groups in total. The van der Waals surface area contributed by atoms with Crippen molar-refractivity contribution in [2.24, 2.45) is 0 Å². The molecule has 124 valence electrons. The number of halogens is 3. The summed E-state index contributed by atoms with van der Waals surface area (Å²) in [4.78, 5) is 15.0.